The predicted octanol–water partition coefficient (Wildman–Crippen LogP) is 2.86. The number of ether oxygens (including phenoxy) is 1. The minimum atomic E-state index is -4.42. The van der Waals surface area contributed by atoms with Crippen molar-refractivity contribution < 1.29 is 27.8 Å². The molecule has 2 amide bonds. The molecule has 0 saturated carbocycles. The number of aliphatic hydroxyl groups is 1. The summed E-state index contributed by atoms with van der Waals surface area (Å²) in [7, 11) is 1.56. The molecule has 0 aliphatic carbocycles. The van der Waals surface area contributed by atoms with E-state index in [1.54, 1.807) is 20.0 Å². The molecule has 1 unspecified atom stereocenters. The highest BCUT2D eigenvalue weighted by Crippen LogP contribution is 2.21. The fraction of sp³-hybridized carbons (Fsp3) is 0.500. The third-order valence-electron chi connectivity index (χ3n) is 2.72. The smallest absolute Gasteiger partial charge is 0.422 e. The van der Waals surface area contributed by atoms with Gasteiger partial charge in [-0.1, -0.05) is 6.07 Å². The Hall–Kier alpha value is -1.96. The second kappa shape index (κ2) is 7.88. The molecule has 0 aromatic heterocycles. The van der Waals surface area contributed by atoms with Crippen molar-refractivity contribution >= 4 is 11.7 Å². The molecule has 1 rings (SSSR count). The Morgan fingerprint density at radius 2 is 2.14 bits per heavy atom. The van der Waals surface area contributed by atoms with Gasteiger partial charge in [-0.05, 0) is 25.5 Å². The topological polar surface area (TPSA) is 61.8 Å². The molecule has 0 radical (unpaired) electrons. The maximum absolute atomic E-state index is 12.1. The van der Waals surface area contributed by atoms with Crippen LogP contribution >= 0.6 is 0 Å². The molecule has 1 aromatic rings. The van der Waals surface area contributed by atoms with Gasteiger partial charge in [0.15, 0.2) is 6.61 Å². The van der Waals surface area contributed by atoms with Gasteiger partial charge in [-0.3, -0.25) is 0 Å². The van der Waals surface area contributed by atoms with Gasteiger partial charge in [-0.15, -0.1) is 0 Å². The Morgan fingerprint density at radius 1 is 1.45 bits per heavy atom. The number of anilines is 1. The van der Waals surface area contributed by atoms with E-state index in [1.165, 1.54) is 23.1 Å². The molecule has 5 nitrogen and oxygen atoms in total. The van der Waals surface area contributed by atoms with Crippen molar-refractivity contribution in [3.63, 3.8) is 0 Å². The highest BCUT2D eigenvalue weighted by molar-refractivity contribution is 5.89. The lowest BCUT2D eigenvalue weighted by Gasteiger charge is -2.19. The van der Waals surface area contributed by atoms with E-state index in [1.807, 2.05) is 0 Å². The minimum Gasteiger partial charge on any atom is -0.484 e. The zero-order valence-electron chi connectivity index (χ0n) is 12.4. The third kappa shape index (κ3) is 7.16. The van der Waals surface area contributed by atoms with Crippen LogP contribution in [0.2, 0.25) is 0 Å². The Bertz CT molecular complexity index is 492. The average molecular weight is 320 g/mol. The highest BCUT2D eigenvalue weighted by atomic mass is 19.4. The lowest BCUT2D eigenvalue weighted by Crippen LogP contribution is -2.33. The number of hydrogen-bond acceptors (Lipinski definition) is 3. The van der Waals surface area contributed by atoms with Gasteiger partial charge >= 0.3 is 12.2 Å². The summed E-state index contributed by atoms with van der Waals surface area (Å²) in [4.78, 5) is 13.2. The number of alkyl halides is 3. The Balaban J connectivity index is 2.56. The second-order valence-electron chi connectivity index (χ2n) is 4.92. The molecule has 124 valence electrons. The van der Waals surface area contributed by atoms with E-state index in [-0.39, 0.29) is 5.75 Å². The van der Waals surface area contributed by atoms with Crippen LogP contribution in [0.25, 0.3) is 0 Å². The number of aliphatic hydroxyl groups excluding tert-OH is 1. The second-order valence-corrected chi connectivity index (χ2v) is 4.92. The quantitative estimate of drug-likeness (QED) is 0.847. The van der Waals surface area contributed by atoms with E-state index in [9.17, 15) is 18.0 Å². The van der Waals surface area contributed by atoms with E-state index in [0.29, 0.717) is 18.7 Å². The van der Waals surface area contributed by atoms with Gasteiger partial charge in [0.05, 0.1) is 6.10 Å². The lowest BCUT2D eigenvalue weighted by atomic mass is 10.3. The van der Waals surface area contributed by atoms with E-state index in [0.717, 1.165) is 0 Å². The summed E-state index contributed by atoms with van der Waals surface area (Å²) in [6, 6.07) is 5.29. The molecule has 22 heavy (non-hydrogen) atoms. The normalized spacial score (nSPS) is 12.6. The van der Waals surface area contributed by atoms with E-state index in [2.05, 4.69) is 10.1 Å². The number of halogens is 3. The number of rotatable bonds is 6. The third-order valence-corrected chi connectivity index (χ3v) is 2.72. The van der Waals surface area contributed by atoms with Gasteiger partial charge in [0.1, 0.15) is 5.75 Å². The SMILES string of the molecule is CC(O)CCN(C)C(=O)Nc1cccc(OCC(F)(F)F)c1. The van der Waals surface area contributed by atoms with Crippen molar-refractivity contribution in [2.75, 3.05) is 25.5 Å². The summed E-state index contributed by atoms with van der Waals surface area (Å²) in [5.74, 6) is 0.0155. The van der Waals surface area contributed by atoms with Crippen LogP contribution in [-0.4, -0.2) is 48.5 Å². The van der Waals surface area contributed by atoms with Crippen LogP contribution in [0.3, 0.4) is 0 Å². The van der Waals surface area contributed by atoms with Gasteiger partial charge in [0, 0.05) is 25.3 Å². The van der Waals surface area contributed by atoms with Crippen molar-refractivity contribution in [1.82, 2.24) is 4.90 Å². The van der Waals surface area contributed by atoms with Crippen molar-refractivity contribution in [1.29, 1.82) is 0 Å². The molecule has 1 aromatic carbocycles. The largest absolute Gasteiger partial charge is 0.484 e. The zero-order chi connectivity index (χ0) is 16.8. The first-order valence-corrected chi connectivity index (χ1v) is 6.67. The summed E-state index contributed by atoms with van der Waals surface area (Å²) < 4.78 is 40.9. The summed E-state index contributed by atoms with van der Waals surface area (Å²) in [5, 5.41) is 11.7. The van der Waals surface area contributed by atoms with Crippen molar-refractivity contribution in [2.45, 2.75) is 25.6 Å². The summed E-state index contributed by atoms with van der Waals surface area (Å²) >= 11 is 0. The van der Waals surface area contributed by atoms with E-state index in [4.69, 9.17) is 5.11 Å². The molecule has 0 heterocycles. The molecule has 8 heteroatoms. The standard InChI is InChI=1S/C14H19F3N2O3/c1-10(20)6-7-19(2)13(21)18-11-4-3-5-12(8-11)22-9-14(15,16)17/h3-5,8,10,20H,6-7,9H2,1-2H3,(H,18,21). The van der Waals surface area contributed by atoms with E-state index < -0.39 is 24.9 Å². The van der Waals surface area contributed by atoms with E-state index >= 15 is 0 Å². The highest BCUT2D eigenvalue weighted by Gasteiger charge is 2.28. The van der Waals surface area contributed by atoms with Crippen molar-refractivity contribution in [3.05, 3.63) is 24.3 Å². The van der Waals surface area contributed by atoms with Crippen LogP contribution in [0.1, 0.15) is 13.3 Å². The molecular formula is C14H19F3N2O3. The summed E-state index contributed by atoms with van der Waals surface area (Å²) in [6.07, 6.45) is -4.51. The molecule has 0 saturated heterocycles. The molecule has 0 bridgehead atoms. The van der Waals surface area contributed by atoms with Crippen LogP contribution in [0.5, 0.6) is 5.75 Å². The maximum atomic E-state index is 12.1. The summed E-state index contributed by atoms with van der Waals surface area (Å²) in [5.41, 5.74) is 0.327. The first kappa shape index (κ1) is 18.1. The number of amides is 2. The fourth-order valence-corrected chi connectivity index (χ4v) is 1.53. The number of nitrogens with zero attached hydrogens (tertiary/aromatic N) is 1. The van der Waals surface area contributed by atoms with Gasteiger partial charge in [-0.2, -0.15) is 13.2 Å². The Morgan fingerprint density at radius 3 is 2.73 bits per heavy atom. The van der Waals surface area contributed by atoms with Gasteiger partial charge in [0.25, 0.3) is 0 Å². The summed E-state index contributed by atoms with van der Waals surface area (Å²) in [6.45, 7) is 0.583. The number of benzene rings is 1. The number of hydrogen-bond donors (Lipinski definition) is 2. The van der Waals surface area contributed by atoms with Gasteiger partial charge in [-0.25, -0.2) is 4.79 Å². The zero-order valence-corrected chi connectivity index (χ0v) is 12.4. The molecular weight excluding hydrogens is 301 g/mol. The van der Waals surface area contributed by atoms with Crippen LogP contribution in [0, 0.1) is 0 Å². The van der Waals surface area contributed by atoms with Gasteiger partial charge < -0.3 is 20.1 Å². The van der Waals surface area contributed by atoms with Crippen LogP contribution in [0.4, 0.5) is 23.7 Å². The Kier molecular flexibility index (Phi) is 6.48. The number of carbonyl (C=O) groups is 1. The first-order valence-electron chi connectivity index (χ1n) is 6.67. The molecule has 0 spiro atoms. The Labute approximate surface area is 126 Å². The molecule has 0 fully saturated rings. The predicted molar refractivity (Wildman–Crippen MR) is 75.9 cm³/mol. The molecule has 0 aliphatic rings. The van der Waals surface area contributed by atoms with Crippen LogP contribution < -0.4 is 10.1 Å². The fourth-order valence-electron chi connectivity index (χ4n) is 1.53. The monoisotopic (exact) mass is 320 g/mol. The van der Waals surface area contributed by atoms with Crippen LogP contribution in [0.15, 0.2) is 24.3 Å². The number of carbonyl (C=O) groups excluding carboxylic acids is 1. The van der Waals surface area contributed by atoms with Crippen molar-refractivity contribution in [2.24, 2.45) is 0 Å². The molecule has 2 N–H and O–H groups in total. The molecule has 1 atom stereocenters. The lowest BCUT2D eigenvalue weighted by molar-refractivity contribution is -0.153. The average Bonchev–Trinajstić information content (AvgIpc) is 2.42. The molecule has 0 aliphatic heterocycles. The maximum Gasteiger partial charge on any atom is 0.422 e. The first-order chi connectivity index (χ1) is 10.2. The van der Waals surface area contributed by atoms with Crippen LogP contribution in [-0.2, 0) is 0 Å². The van der Waals surface area contributed by atoms with Gasteiger partial charge in [0.2, 0.25) is 0 Å². The number of nitrogens with one attached hydrogen (secondary N) is 1. The minimum absolute atomic E-state index is 0.0155. The number of urea groups is 1. The van der Waals surface area contributed by atoms with Crippen molar-refractivity contribution in [3.8, 4) is 5.75 Å².